The number of nitrogens with zero attached hydrogens (tertiary/aromatic N) is 5. The molecule has 0 saturated carbocycles. The van der Waals surface area contributed by atoms with Gasteiger partial charge in [0, 0.05) is 35.2 Å². The third kappa shape index (κ3) is 4.52. The summed E-state index contributed by atoms with van der Waals surface area (Å²) in [5.74, 6) is -1.13. The number of anilines is 1. The molecule has 8 nitrogen and oxygen atoms in total. The minimum Gasteiger partial charge on any atom is -0.491 e. The summed E-state index contributed by atoms with van der Waals surface area (Å²) < 4.78 is 67.0. The van der Waals surface area contributed by atoms with Crippen molar-refractivity contribution in [1.29, 1.82) is 0 Å². The Morgan fingerprint density at radius 3 is 2.79 bits per heavy atom. The summed E-state index contributed by atoms with van der Waals surface area (Å²) in [7, 11) is 0. The molecule has 3 atom stereocenters. The molecule has 2 aliphatic rings. The fourth-order valence-corrected chi connectivity index (χ4v) is 4.76. The van der Waals surface area contributed by atoms with Gasteiger partial charge in [0.2, 0.25) is 0 Å². The Hall–Kier alpha value is -2.26. The molecule has 1 fully saturated rings. The Morgan fingerprint density at radius 2 is 2.06 bits per heavy atom. The summed E-state index contributed by atoms with van der Waals surface area (Å²) in [6, 6.07) is 5.36. The molecule has 2 aliphatic heterocycles. The van der Waals surface area contributed by atoms with Crippen LogP contribution >= 0.6 is 22.6 Å². The number of aromatic nitrogens is 4. The highest BCUT2D eigenvalue weighted by Gasteiger charge is 2.39. The standard InChI is InChI=1S/C21H21F4IN6O2/c1-11-9-31(4-5-33-11)15-10-34-16-6-12(22)2-3-14(16)18(15)28-17-7-13(8-26)27-20-29-19(21(23,24)25)30-32(17)20/h2-3,6-7,11,15,18,28H,4-5,8-10H2,1H3. The molecule has 0 aliphatic carbocycles. The van der Waals surface area contributed by atoms with Crippen LogP contribution in [0, 0.1) is 5.82 Å². The SMILES string of the molecule is CC1CN(C2COc3cc(F)ccc3C2Nc2cc(CI)nc3nc(C(F)(F)F)nn23)CCO1. The van der Waals surface area contributed by atoms with Crippen molar-refractivity contribution in [2.24, 2.45) is 0 Å². The van der Waals surface area contributed by atoms with Crippen molar-refractivity contribution >= 4 is 34.2 Å². The maximum Gasteiger partial charge on any atom is 0.453 e. The molecular weight excluding hydrogens is 571 g/mol. The summed E-state index contributed by atoms with van der Waals surface area (Å²) in [6.45, 7) is 4.14. The van der Waals surface area contributed by atoms with Crippen LogP contribution in [-0.4, -0.2) is 62.9 Å². The largest absolute Gasteiger partial charge is 0.491 e. The molecule has 1 aromatic carbocycles. The number of fused-ring (bicyclic) bond motifs is 2. The van der Waals surface area contributed by atoms with Crippen LogP contribution < -0.4 is 10.1 Å². The van der Waals surface area contributed by atoms with Crippen molar-refractivity contribution in [3.8, 4) is 5.75 Å². The number of ether oxygens (including phenoxy) is 2. The molecule has 4 heterocycles. The molecule has 0 spiro atoms. The normalized spacial score (nSPS) is 23.5. The fraction of sp³-hybridized carbons (Fsp3) is 0.476. The van der Waals surface area contributed by atoms with Crippen LogP contribution in [0.3, 0.4) is 0 Å². The second-order valence-electron chi connectivity index (χ2n) is 8.27. The zero-order valence-electron chi connectivity index (χ0n) is 18.0. The Labute approximate surface area is 205 Å². The van der Waals surface area contributed by atoms with Gasteiger partial charge in [0.15, 0.2) is 0 Å². The zero-order chi connectivity index (χ0) is 24.0. The first-order chi connectivity index (χ1) is 16.2. The fourth-order valence-electron chi connectivity index (χ4n) is 4.37. The van der Waals surface area contributed by atoms with Crippen LogP contribution in [0.15, 0.2) is 24.3 Å². The molecule has 0 amide bonds. The van der Waals surface area contributed by atoms with E-state index >= 15 is 0 Å². The zero-order valence-corrected chi connectivity index (χ0v) is 20.2. The van der Waals surface area contributed by atoms with Crippen LogP contribution in [0.25, 0.3) is 5.78 Å². The summed E-state index contributed by atoms with van der Waals surface area (Å²) in [5, 5.41) is 7.04. The summed E-state index contributed by atoms with van der Waals surface area (Å²) in [5.41, 5.74) is 1.26. The van der Waals surface area contributed by atoms with Gasteiger partial charge >= 0.3 is 6.18 Å². The lowest BCUT2D eigenvalue weighted by molar-refractivity contribution is -0.144. The molecular formula is C21H21F4IN6O2. The number of rotatable bonds is 4. The van der Waals surface area contributed by atoms with Gasteiger partial charge in [0.1, 0.15) is 24.0 Å². The molecule has 182 valence electrons. The van der Waals surface area contributed by atoms with Crippen LogP contribution in [-0.2, 0) is 15.3 Å². The Kier molecular flexibility index (Phi) is 6.27. The van der Waals surface area contributed by atoms with Gasteiger partial charge in [-0.15, -0.1) is 5.10 Å². The molecule has 0 bridgehead atoms. The highest BCUT2D eigenvalue weighted by atomic mass is 127. The average molecular weight is 592 g/mol. The number of benzene rings is 1. The average Bonchev–Trinajstić information content (AvgIpc) is 3.24. The van der Waals surface area contributed by atoms with E-state index in [9.17, 15) is 17.6 Å². The van der Waals surface area contributed by atoms with E-state index in [0.29, 0.717) is 46.9 Å². The number of nitrogens with one attached hydrogen (secondary N) is 1. The van der Waals surface area contributed by atoms with E-state index in [1.165, 1.54) is 12.1 Å². The lowest BCUT2D eigenvalue weighted by Gasteiger charge is -2.43. The van der Waals surface area contributed by atoms with Gasteiger partial charge in [-0.3, -0.25) is 4.90 Å². The lowest BCUT2D eigenvalue weighted by Crippen LogP contribution is -2.54. The number of morpholine rings is 1. The Bertz CT molecular complexity index is 1210. The van der Waals surface area contributed by atoms with E-state index in [0.717, 1.165) is 4.52 Å². The van der Waals surface area contributed by atoms with Gasteiger partial charge in [-0.1, -0.05) is 28.7 Å². The maximum absolute atomic E-state index is 13.9. The maximum atomic E-state index is 13.9. The van der Waals surface area contributed by atoms with E-state index in [2.05, 4.69) is 47.9 Å². The first kappa shape index (κ1) is 23.5. The van der Waals surface area contributed by atoms with E-state index in [-0.39, 0.29) is 24.5 Å². The highest BCUT2D eigenvalue weighted by molar-refractivity contribution is 14.1. The van der Waals surface area contributed by atoms with Gasteiger partial charge in [0.05, 0.1) is 30.5 Å². The molecule has 1 saturated heterocycles. The smallest absolute Gasteiger partial charge is 0.453 e. The number of halogens is 5. The van der Waals surface area contributed by atoms with Gasteiger partial charge in [0.25, 0.3) is 11.6 Å². The van der Waals surface area contributed by atoms with Crippen molar-refractivity contribution in [3.05, 3.63) is 47.2 Å². The van der Waals surface area contributed by atoms with Crippen molar-refractivity contribution in [2.45, 2.75) is 35.7 Å². The third-order valence-electron chi connectivity index (χ3n) is 5.91. The molecule has 13 heteroatoms. The molecule has 3 aromatic rings. The second kappa shape index (κ2) is 9.07. The minimum atomic E-state index is -4.70. The van der Waals surface area contributed by atoms with E-state index in [4.69, 9.17) is 9.47 Å². The third-order valence-corrected chi connectivity index (χ3v) is 6.69. The summed E-state index contributed by atoms with van der Waals surface area (Å²) in [6.07, 6.45) is -4.68. The van der Waals surface area contributed by atoms with Crippen LogP contribution in [0.2, 0.25) is 0 Å². The summed E-state index contributed by atoms with van der Waals surface area (Å²) >= 11 is 2.09. The van der Waals surface area contributed by atoms with Gasteiger partial charge in [-0.2, -0.15) is 22.7 Å². The van der Waals surface area contributed by atoms with E-state index < -0.39 is 23.9 Å². The predicted molar refractivity (Wildman–Crippen MR) is 123 cm³/mol. The minimum absolute atomic E-state index is 0.0203. The molecule has 34 heavy (non-hydrogen) atoms. The van der Waals surface area contributed by atoms with Crippen LogP contribution in [0.4, 0.5) is 23.4 Å². The number of hydrogen-bond donors (Lipinski definition) is 1. The summed E-state index contributed by atoms with van der Waals surface area (Å²) in [4.78, 5) is 10.0. The number of hydrogen-bond acceptors (Lipinski definition) is 7. The van der Waals surface area contributed by atoms with Crippen molar-refractivity contribution in [1.82, 2.24) is 24.5 Å². The molecule has 2 aromatic heterocycles. The molecule has 5 rings (SSSR count). The van der Waals surface area contributed by atoms with Crippen LogP contribution in [0.1, 0.15) is 30.0 Å². The molecule has 1 N–H and O–H groups in total. The first-order valence-corrected chi connectivity index (χ1v) is 12.2. The van der Waals surface area contributed by atoms with Crippen molar-refractivity contribution < 1.29 is 27.0 Å². The molecule has 0 radical (unpaired) electrons. The van der Waals surface area contributed by atoms with Gasteiger partial charge < -0.3 is 14.8 Å². The predicted octanol–water partition coefficient (Wildman–Crippen LogP) is 3.85. The van der Waals surface area contributed by atoms with Crippen molar-refractivity contribution in [2.75, 3.05) is 31.6 Å². The first-order valence-electron chi connectivity index (χ1n) is 10.7. The highest BCUT2D eigenvalue weighted by Crippen LogP contribution is 2.38. The molecule has 3 unspecified atom stereocenters. The number of alkyl halides is 4. The van der Waals surface area contributed by atoms with Crippen molar-refractivity contribution in [3.63, 3.8) is 0 Å². The Morgan fingerprint density at radius 1 is 1.24 bits per heavy atom. The second-order valence-corrected chi connectivity index (χ2v) is 9.03. The van der Waals surface area contributed by atoms with E-state index in [1.807, 2.05) is 6.92 Å². The van der Waals surface area contributed by atoms with Crippen LogP contribution in [0.5, 0.6) is 5.75 Å². The van der Waals surface area contributed by atoms with Gasteiger partial charge in [-0.25, -0.2) is 9.37 Å². The monoisotopic (exact) mass is 592 g/mol. The van der Waals surface area contributed by atoms with E-state index in [1.54, 1.807) is 12.1 Å². The Balaban J connectivity index is 1.59. The lowest BCUT2D eigenvalue weighted by atomic mass is 9.94. The van der Waals surface area contributed by atoms with Gasteiger partial charge in [-0.05, 0) is 13.0 Å². The topological polar surface area (TPSA) is 76.8 Å². The quantitative estimate of drug-likeness (QED) is 0.280.